The number of halogens is 1. The van der Waals surface area contributed by atoms with Crippen molar-refractivity contribution < 1.29 is 9.18 Å². The van der Waals surface area contributed by atoms with Gasteiger partial charge in [-0.25, -0.2) is 4.39 Å². The Hall–Kier alpha value is -2.82. The van der Waals surface area contributed by atoms with Crippen LogP contribution in [0.1, 0.15) is 25.8 Å². The second-order valence-electron chi connectivity index (χ2n) is 7.72. The van der Waals surface area contributed by atoms with Crippen LogP contribution in [0.25, 0.3) is 5.57 Å². The average molecular weight is 365 g/mol. The molecule has 4 nitrogen and oxygen atoms in total. The monoisotopic (exact) mass is 365 g/mol. The summed E-state index contributed by atoms with van der Waals surface area (Å²) < 4.78 is 14.1. The quantitative estimate of drug-likeness (QED) is 0.774. The highest BCUT2D eigenvalue weighted by molar-refractivity contribution is 6.31. The Labute approximate surface area is 159 Å². The molecule has 5 heteroatoms. The third-order valence-electron chi connectivity index (χ3n) is 5.26. The predicted molar refractivity (Wildman–Crippen MR) is 108 cm³/mol. The van der Waals surface area contributed by atoms with Crippen molar-refractivity contribution in [2.24, 2.45) is 11.8 Å². The van der Waals surface area contributed by atoms with E-state index in [1.165, 1.54) is 18.2 Å². The van der Waals surface area contributed by atoms with E-state index in [2.05, 4.69) is 41.5 Å². The molecule has 0 radical (unpaired) electrons. The number of carbonyl (C=O) groups excluding carboxylic acids is 1. The van der Waals surface area contributed by atoms with Gasteiger partial charge in [0.25, 0.3) is 5.91 Å². The molecule has 2 aliphatic heterocycles. The van der Waals surface area contributed by atoms with Crippen LogP contribution >= 0.6 is 0 Å². The summed E-state index contributed by atoms with van der Waals surface area (Å²) in [6.45, 7) is 6.76. The third kappa shape index (κ3) is 3.54. The zero-order chi connectivity index (χ0) is 19.0. The van der Waals surface area contributed by atoms with E-state index in [1.54, 1.807) is 18.3 Å². The summed E-state index contributed by atoms with van der Waals surface area (Å²) >= 11 is 0. The number of benzene rings is 2. The molecule has 2 aliphatic rings. The van der Waals surface area contributed by atoms with Crippen molar-refractivity contribution >= 4 is 28.5 Å². The second kappa shape index (κ2) is 7.06. The van der Waals surface area contributed by atoms with E-state index in [1.807, 2.05) is 12.1 Å². The molecule has 27 heavy (non-hydrogen) atoms. The molecule has 0 spiro atoms. The fraction of sp³-hybridized carbons (Fsp3) is 0.318. The van der Waals surface area contributed by atoms with E-state index >= 15 is 0 Å². The van der Waals surface area contributed by atoms with Crippen LogP contribution in [0.2, 0.25) is 0 Å². The number of anilines is 3. The van der Waals surface area contributed by atoms with Gasteiger partial charge in [-0.3, -0.25) is 4.79 Å². The fourth-order valence-corrected chi connectivity index (χ4v) is 4.14. The number of hydrogen-bond donors (Lipinski definition) is 2. The summed E-state index contributed by atoms with van der Waals surface area (Å²) in [5, 5.41) is 5.82. The van der Waals surface area contributed by atoms with Crippen LogP contribution in [0.4, 0.5) is 21.5 Å². The standard InChI is InChI=1S/C22H24FN3O/c1-14-10-15(2)13-26(12-14)17-8-6-16(7-9-17)24-11-18-21-19(23)4-3-5-20(21)25-22(18)27/h3-9,11,14-15,24H,10,12-13H2,1-2H3,(H,25,27). The molecule has 1 saturated heterocycles. The second-order valence-corrected chi connectivity index (χ2v) is 7.72. The van der Waals surface area contributed by atoms with Gasteiger partial charge in [-0.1, -0.05) is 19.9 Å². The van der Waals surface area contributed by atoms with Crippen molar-refractivity contribution in [3.05, 3.63) is 60.0 Å². The number of nitrogens with one attached hydrogen (secondary N) is 2. The van der Waals surface area contributed by atoms with Gasteiger partial charge in [0.05, 0.1) is 11.3 Å². The Morgan fingerprint density at radius 3 is 2.52 bits per heavy atom. The van der Waals surface area contributed by atoms with E-state index in [-0.39, 0.29) is 5.91 Å². The molecule has 1 fully saturated rings. The highest BCUT2D eigenvalue weighted by Crippen LogP contribution is 2.34. The zero-order valence-electron chi connectivity index (χ0n) is 15.6. The van der Waals surface area contributed by atoms with Crippen molar-refractivity contribution in [2.45, 2.75) is 20.3 Å². The molecule has 0 saturated carbocycles. The van der Waals surface area contributed by atoms with Crippen LogP contribution in [0, 0.1) is 17.7 Å². The van der Waals surface area contributed by atoms with Gasteiger partial charge in [-0.05, 0) is 54.7 Å². The fourth-order valence-electron chi connectivity index (χ4n) is 4.14. The normalized spacial score (nSPS) is 23.3. The van der Waals surface area contributed by atoms with Crippen LogP contribution in [-0.4, -0.2) is 19.0 Å². The van der Waals surface area contributed by atoms with Gasteiger partial charge in [0.15, 0.2) is 0 Å². The lowest BCUT2D eigenvalue weighted by atomic mass is 9.91. The number of fused-ring (bicyclic) bond motifs is 1. The molecule has 2 aromatic rings. The Balaban J connectivity index is 1.50. The first-order valence-corrected chi connectivity index (χ1v) is 9.43. The van der Waals surface area contributed by atoms with Gasteiger partial charge in [0.2, 0.25) is 0 Å². The smallest absolute Gasteiger partial charge is 0.257 e. The number of hydrogen-bond acceptors (Lipinski definition) is 3. The lowest BCUT2D eigenvalue weighted by Crippen LogP contribution is -2.38. The Bertz CT molecular complexity index is 881. The summed E-state index contributed by atoms with van der Waals surface area (Å²) in [6, 6.07) is 12.8. The third-order valence-corrected chi connectivity index (χ3v) is 5.26. The maximum atomic E-state index is 14.1. The van der Waals surface area contributed by atoms with Gasteiger partial charge >= 0.3 is 0 Å². The molecule has 2 aromatic carbocycles. The molecular weight excluding hydrogens is 341 g/mol. The Morgan fingerprint density at radius 1 is 1.11 bits per heavy atom. The molecule has 0 aromatic heterocycles. The Morgan fingerprint density at radius 2 is 1.81 bits per heavy atom. The van der Waals surface area contributed by atoms with E-state index < -0.39 is 5.82 Å². The molecule has 1 amide bonds. The van der Waals surface area contributed by atoms with Gasteiger partial charge in [-0.2, -0.15) is 0 Å². The number of carbonyl (C=O) groups is 1. The summed E-state index contributed by atoms with van der Waals surface area (Å²) in [4.78, 5) is 14.6. The highest BCUT2D eigenvalue weighted by atomic mass is 19.1. The SMILES string of the molecule is CC1CC(C)CN(c2ccc(NC=C3C(=O)Nc4cccc(F)c43)cc2)C1. The van der Waals surface area contributed by atoms with Gasteiger partial charge in [0, 0.05) is 36.2 Å². The largest absolute Gasteiger partial charge is 0.371 e. The van der Waals surface area contributed by atoms with E-state index in [0.29, 0.717) is 28.7 Å². The summed E-state index contributed by atoms with van der Waals surface area (Å²) in [6.07, 6.45) is 2.86. The number of amides is 1. The first-order valence-electron chi connectivity index (χ1n) is 9.43. The minimum Gasteiger partial charge on any atom is -0.371 e. The number of nitrogens with zero attached hydrogens (tertiary/aromatic N) is 1. The van der Waals surface area contributed by atoms with Gasteiger partial charge < -0.3 is 15.5 Å². The molecule has 2 heterocycles. The molecule has 2 unspecified atom stereocenters. The Kier molecular flexibility index (Phi) is 4.60. The maximum Gasteiger partial charge on any atom is 0.257 e. The minimum absolute atomic E-state index is 0.296. The van der Waals surface area contributed by atoms with Crippen molar-refractivity contribution in [2.75, 3.05) is 28.6 Å². The molecule has 140 valence electrons. The lowest BCUT2D eigenvalue weighted by molar-refractivity contribution is -0.110. The summed E-state index contributed by atoms with van der Waals surface area (Å²) in [5.74, 6) is 0.706. The molecule has 0 bridgehead atoms. The zero-order valence-corrected chi connectivity index (χ0v) is 15.6. The van der Waals surface area contributed by atoms with Crippen molar-refractivity contribution in [1.29, 1.82) is 0 Å². The van der Waals surface area contributed by atoms with E-state index in [0.717, 1.165) is 18.8 Å². The van der Waals surface area contributed by atoms with E-state index in [9.17, 15) is 9.18 Å². The lowest BCUT2D eigenvalue weighted by Gasteiger charge is -2.36. The minimum atomic E-state index is -0.400. The summed E-state index contributed by atoms with van der Waals surface area (Å²) in [5.41, 5.74) is 3.22. The molecule has 0 aliphatic carbocycles. The van der Waals surface area contributed by atoms with E-state index in [4.69, 9.17) is 0 Å². The molecular formula is C22H24FN3O. The van der Waals surface area contributed by atoms with Crippen LogP contribution in [0.3, 0.4) is 0 Å². The van der Waals surface area contributed by atoms with Crippen LogP contribution in [-0.2, 0) is 4.79 Å². The number of piperidine rings is 1. The summed E-state index contributed by atoms with van der Waals surface area (Å²) in [7, 11) is 0. The first-order chi connectivity index (χ1) is 13.0. The topological polar surface area (TPSA) is 44.4 Å². The molecule has 4 rings (SSSR count). The van der Waals surface area contributed by atoms with Crippen LogP contribution < -0.4 is 15.5 Å². The molecule has 2 atom stereocenters. The molecule has 2 N–H and O–H groups in total. The predicted octanol–water partition coefficient (Wildman–Crippen LogP) is 4.71. The highest BCUT2D eigenvalue weighted by Gasteiger charge is 2.27. The van der Waals surface area contributed by atoms with Gasteiger partial charge in [0.1, 0.15) is 5.82 Å². The van der Waals surface area contributed by atoms with Crippen molar-refractivity contribution in [1.82, 2.24) is 0 Å². The number of rotatable bonds is 3. The van der Waals surface area contributed by atoms with Crippen molar-refractivity contribution in [3.8, 4) is 0 Å². The van der Waals surface area contributed by atoms with Crippen LogP contribution in [0.5, 0.6) is 0 Å². The maximum absolute atomic E-state index is 14.1. The van der Waals surface area contributed by atoms with Gasteiger partial charge in [-0.15, -0.1) is 0 Å². The average Bonchev–Trinajstić information content (AvgIpc) is 2.96. The first kappa shape index (κ1) is 17.6. The van der Waals surface area contributed by atoms with Crippen LogP contribution in [0.15, 0.2) is 48.7 Å². The van der Waals surface area contributed by atoms with Crippen molar-refractivity contribution in [3.63, 3.8) is 0 Å².